The quantitative estimate of drug-likeness (QED) is 0.118. The highest BCUT2D eigenvalue weighted by Crippen LogP contribution is 2.63. The molecule has 46 heavy (non-hydrogen) atoms. The number of unbranched alkanes of at least 4 members (excludes halogenated alkanes) is 2. The maximum Gasteiger partial charge on any atom is 0.113 e. The van der Waals surface area contributed by atoms with Crippen molar-refractivity contribution in [1.82, 2.24) is 8.75 Å². The minimum absolute atomic E-state index is 0.0879. The van der Waals surface area contributed by atoms with Crippen LogP contribution in [0.2, 0.25) is 0 Å². The molecule has 4 aromatic rings. The van der Waals surface area contributed by atoms with Crippen LogP contribution >= 0.6 is 34.4 Å². The first-order chi connectivity index (χ1) is 22.0. The molecular formula is C41H60N2S3. The normalized spacial score (nSPS) is 17.9. The molecule has 3 heterocycles. The fraction of sp³-hybridized carbons (Fsp3) is 0.659. The molecule has 1 aliphatic rings. The molecule has 1 aliphatic carbocycles. The van der Waals surface area contributed by atoms with E-state index in [2.05, 4.69) is 105 Å². The largest absolute Gasteiger partial charge is 0.173 e. The van der Waals surface area contributed by atoms with Gasteiger partial charge in [-0.15, -0.1) is 22.7 Å². The minimum Gasteiger partial charge on any atom is -0.173 e. The molecule has 2 unspecified atom stereocenters. The molecule has 0 fully saturated rings. The van der Waals surface area contributed by atoms with E-state index in [-0.39, 0.29) is 16.2 Å². The molecule has 0 N–H and O–H groups in total. The summed E-state index contributed by atoms with van der Waals surface area (Å²) in [5.74, 6) is 1.50. The monoisotopic (exact) mass is 676 g/mol. The van der Waals surface area contributed by atoms with Crippen LogP contribution in [-0.4, -0.2) is 8.75 Å². The van der Waals surface area contributed by atoms with E-state index in [9.17, 15) is 0 Å². The molecule has 0 amide bonds. The molecule has 0 radical (unpaired) electrons. The fourth-order valence-electron chi connectivity index (χ4n) is 8.06. The lowest BCUT2D eigenvalue weighted by atomic mass is 9.65. The van der Waals surface area contributed by atoms with Crippen LogP contribution in [0.1, 0.15) is 168 Å². The van der Waals surface area contributed by atoms with Crippen LogP contribution in [0.3, 0.4) is 0 Å². The number of rotatable bonds is 16. The van der Waals surface area contributed by atoms with Gasteiger partial charge < -0.3 is 0 Å². The molecule has 5 rings (SSSR count). The molecule has 5 heteroatoms. The summed E-state index contributed by atoms with van der Waals surface area (Å²) >= 11 is 5.51. The van der Waals surface area contributed by atoms with Gasteiger partial charge >= 0.3 is 0 Å². The summed E-state index contributed by atoms with van der Waals surface area (Å²) in [5, 5.41) is 0. The molecular weight excluding hydrogens is 617 g/mol. The Labute approximate surface area is 293 Å². The number of thiophene rings is 2. The SMILES string of the molecule is CCCCC(CC)CC1(CC(CC)CCCC)c2cc(-c3ccc(C(C)(CC)CC)c4nsnc34)sc2-c2sc(C(C)(C)C)cc21. The third kappa shape index (κ3) is 6.56. The molecule has 252 valence electrons. The summed E-state index contributed by atoms with van der Waals surface area (Å²) in [6.45, 7) is 23.8. The van der Waals surface area contributed by atoms with Gasteiger partial charge in [-0.1, -0.05) is 133 Å². The summed E-state index contributed by atoms with van der Waals surface area (Å²) in [6, 6.07) is 10.1. The van der Waals surface area contributed by atoms with Gasteiger partial charge in [-0.2, -0.15) is 8.75 Å². The van der Waals surface area contributed by atoms with Crippen LogP contribution < -0.4 is 0 Å². The van der Waals surface area contributed by atoms with Crippen molar-refractivity contribution in [2.24, 2.45) is 11.8 Å². The molecule has 2 atom stereocenters. The smallest absolute Gasteiger partial charge is 0.113 e. The van der Waals surface area contributed by atoms with Gasteiger partial charge in [0.2, 0.25) is 0 Å². The molecule has 0 saturated carbocycles. The highest BCUT2D eigenvalue weighted by atomic mass is 32.1. The summed E-state index contributed by atoms with van der Waals surface area (Å²) in [6.07, 6.45) is 15.2. The molecule has 0 bridgehead atoms. The molecule has 1 aromatic carbocycles. The predicted octanol–water partition coefficient (Wildman–Crippen LogP) is 14.3. The van der Waals surface area contributed by atoms with Gasteiger partial charge in [0.15, 0.2) is 0 Å². The van der Waals surface area contributed by atoms with Crippen LogP contribution in [-0.2, 0) is 16.2 Å². The van der Waals surface area contributed by atoms with Crippen molar-refractivity contribution in [2.45, 2.75) is 163 Å². The zero-order valence-electron chi connectivity index (χ0n) is 30.6. The predicted molar refractivity (Wildman–Crippen MR) is 207 cm³/mol. The Kier molecular flexibility index (Phi) is 11.3. The van der Waals surface area contributed by atoms with E-state index in [1.54, 1.807) is 25.8 Å². The molecule has 0 saturated heterocycles. The molecule has 2 nitrogen and oxygen atoms in total. The summed E-state index contributed by atoms with van der Waals surface area (Å²) < 4.78 is 9.89. The number of benzene rings is 1. The minimum atomic E-state index is 0.0879. The van der Waals surface area contributed by atoms with Crippen molar-refractivity contribution in [1.29, 1.82) is 0 Å². The number of nitrogens with zero attached hydrogens (tertiary/aromatic N) is 2. The van der Waals surface area contributed by atoms with Crippen LogP contribution in [0.15, 0.2) is 24.3 Å². The van der Waals surface area contributed by atoms with Crippen molar-refractivity contribution in [2.75, 3.05) is 0 Å². The van der Waals surface area contributed by atoms with Crippen LogP contribution in [0.5, 0.6) is 0 Å². The molecule has 0 spiro atoms. The van der Waals surface area contributed by atoms with Crippen molar-refractivity contribution < 1.29 is 0 Å². The van der Waals surface area contributed by atoms with E-state index in [1.807, 2.05) is 11.3 Å². The van der Waals surface area contributed by atoms with Gasteiger partial charge in [0.1, 0.15) is 11.0 Å². The van der Waals surface area contributed by atoms with Gasteiger partial charge in [-0.3, -0.25) is 0 Å². The first-order valence-electron chi connectivity index (χ1n) is 18.6. The highest BCUT2D eigenvalue weighted by molar-refractivity contribution is 7.24. The maximum absolute atomic E-state index is 4.97. The van der Waals surface area contributed by atoms with Crippen molar-refractivity contribution in [3.63, 3.8) is 0 Å². The standard InChI is InChI=1S/C41H60N2S3/c1-11-17-19-27(13-3)25-41(26-28(14-4)20-18-12-2)31-23-33(44-37(31)38-32(41)24-34(45-38)39(7,8)9)29-21-22-30(40(10,15-5)16-6)36-35(29)42-46-43-36/h21-24,27-28H,11-20,25-26H2,1-10H3. The van der Waals surface area contributed by atoms with Gasteiger partial charge in [-0.05, 0) is 77.2 Å². The zero-order valence-corrected chi connectivity index (χ0v) is 33.0. The Morgan fingerprint density at radius 2 is 1.28 bits per heavy atom. The van der Waals surface area contributed by atoms with Gasteiger partial charge in [-0.25, -0.2) is 0 Å². The summed E-state index contributed by atoms with van der Waals surface area (Å²) in [7, 11) is 0. The second kappa shape index (κ2) is 14.5. The van der Waals surface area contributed by atoms with Gasteiger partial charge in [0, 0.05) is 30.5 Å². The highest BCUT2D eigenvalue weighted by Gasteiger charge is 2.48. The second-order valence-corrected chi connectivity index (χ2v) is 18.3. The first-order valence-corrected chi connectivity index (χ1v) is 20.9. The third-order valence-corrected chi connectivity index (χ3v) is 15.1. The van der Waals surface area contributed by atoms with Crippen molar-refractivity contribution in [3.05, 3.63) is 45.8 Å². The van der Waals surface area contributed by atoms with Crippen molar-refractivity contribution >= 4 is 45.4 Å². The number of hydrogen-bond acceptors (Lipinski definition) is 5. The van der Waals surface area contributed by atoms with Crippen LogP contribution in [0.25, 0.3) is 31.2 Å². The Bertz CT molecular complexity index is 1570. The van der Waals surface area contributed by atoms with E-state index in [0.29, 0.717) is 0 Å². The van der Waals surface area contributed by atoms with E-state index >= 15 is 0 Å². The molecule has 3 aromatic heterocycles. The number of aromatic nitrogens is 2. The van der Waals surface area contributed by atoms with Crippen LogP contribution in [0, 0.1) is 11.8 Å². The zero-order chi connectivity index (χ0) is 33.3. The lowest BCUT2D eigenvalue weighted by Crippen LogP contribution is -2.31. The topological polar surface area (TPSA) is 25.8 Å². The maximum atomic E-state index is 4.97. The number of hydrogen-bond donors (Lipinski definition) is 0. The Hall–Kier alpha value is -1.56. The average molecular weight is 677 g/mol. The lowest BCUT2D eigenvalue weighted by Gasteiger charge is -2.38. The summed E-state index contributed by atoms with van der Waals surface area (Å²) in [5.41, 5.74) is 8.52. The van der Waals surface area contributed by atoms with Crippen LogP contribution in [0.4, 0.5) is 0 Å². The Morgan fingerprint density at radius 3 is 1.83 bits per heavy atom. The summed E-state index contributed by atoms with van der Waals surface area (Å²) in [4.78, 5) is 6.04. The average Bonchev–Trinajstić information content (AvgIpc) is 3.84. The lowest BCUT2D eigenvalue weighted by molar-refractivity contribution is 0.266. The van der Waals surface area contributed by atoms with E-state index < -0.39 is 0 Å². The van der Waals surface area contributed by atoms with Crippen molar-refractivity contribution in [3.8, 4) is 20.2 Å². The van der Waals surface area contributed by atoms with Gasteiger partial charge in [0.25, 0.3) is 0 Å². The number of fused-ring (bicyclic) bond motifs is 4. The van der Waals surface area contributed by atoms with Gasteiger partial charge in [0.05, 0.1) is 11.7 Å². The van der Waals surface area contributed by atoms with E-state index in [0.717, 1.165) is 35.7 Å². The first kappa shape index (κ1) is 35.7. The Morgan fingerprint density at radius 1 is 0.717 bits per heavy atom. The third-order valence-electron chi connectivity index (χ3n) is 11.7. The second-order valence-electron chi connectivity index (χ2n) is 15.7. The fourth-order valence-corrected chi connectivity index (χ4v) is 11.4. The molecule has 0 aliphatic heterocycles. The van der Waals surface area contributed by atoms with E-state index in [1.165, 1.54) is 91.9 Å². The Balaban J connectivity index is 1.73. The van der Waals surface area contributed by atoms with E-state index in [4.69, 9.17) is 8.75 Å².